The van der Waals surface area contributed by atoms with Crippen molar-refractivity contribution in [2.45, 2.75) is 6.04 Å². The van der Waals surface area contributed by atoms with Gasteiger partial charge in [0.05, 0.1) is 11.6 Å². The molecule has 0 radical (unpaired) electrons. The van der Waals surface area contributed by atoms with E-state index >= 15 is 0 Å². The Labute approximate surface area is 116 Å². The average Bonchev–Trinajstić information content (AvgIpc) is 2.46. The van der Waals surface area contributed by atoms with Crippen molar-refractivity contribution in [3.63, 3.8) is 0 Å². The van der Waals surface area contributed by atoms with Crippen LogP contribution in [0.3, 0.4) is 0 Å². The highest BCUT2D eigenvalue weighted by Crippen LogP contribution is 2.19. The van der Waals surface area contributed by atoms with Gasteiger partial charge in [-0.05, 0) is 17.7 Å². The number of phenolic OH excluding ortho intramolecular Hbond substituents is 1. The van der Waals surface area contributed by atoms with Crippen LogP contribution in [0.5, 0.6) is 5.75 Å². The quantitative estimate of drug-likeness (QED) is 0.843. The highest BCUT2D eigenvalue weighted by Gasteiger charge is 2.16. The molecule has 4 heteroatoms. The van der Waals surface area contributed by atoms with Gasteiger partial charge >= 0.3 is 0 Å². The van der Waals surface area contributed by atoms with Gasteiger partial charge in [-0.15, -0.1) is 11.6 Å². The van der Waals surface area contributed by atoms with E-state index in [4.69, 9.17) is 11.6 Å². The number of alkyl halides is 1. The number of carbonyl (C=O) groups excluding carboxylic acids is 1. The van der Waals surface area contributed by atoms with E-state index in [1.165, 1.54) is 6.07 Å². The van der Waals surface area contributed by atoms with Crippen LogP contribution in [0.2, 0.25) is 0 Å². The van der Waals surface area contributed by atoms with Crippen LogP contribution < -0.4 is 5.32 Å². The fourth-order valence-corrected chi connectivity index (χ4v) is 2.05. The fourth-order valence-electron chi connectivity index (χ4n) is 1.80. The summed E-state index contributed by atoms with van der Waals surface area (Å²) in [6.07, 6.45) is 0. The normalized spacial score (nSPS) is 11.8. The summed E-state index contributed by atoms with van der Waals surface area (Å²) in [7, 11) is 0. The van der Waals surface area contributed by atoms with Crippen molar-refractivity contribution in [1.29, 1.82) is 0 Å². The number of benzene rings is 2. The van der Waals surface area contributed by atoms with Gasteiger partial charge in [0.2, 0.25) is 0 Å². The largest absolute Gasteiger partial charge is 0.507 e. The van der Waals surface area contributed by atoms with Crippen LogP contribution in [0, 0.1) is 0 Å². The predicted molar refractivity (Wildman–Crippen MR) is 75.5 cm³/mol. The van der Waals surface area contributed by atoms with E-state index < -0.39 is 0 Å². The Balaban J connectivity index is 2.16. The lowest BCUT2D eigenvalue weighted by Crippen LogP contribution is -2.29. The minimum absolute atomic E-state index is 0.0404. The van der Waals surface area contributed by atoms with E-state index in [0.29, 0.717) is 0 Å². The molecule has 1 unspecified atom stereocenters. The number of para-hydroxylation sites is 1. The van der Waals surface area contributed by atoms with Gasteiger partial charge in [0.1, 0.15) is 5.75 Å². The molecule has 0 bridgehead atoms. The summed E-state index contributed by atoms with van der Waals surface area (Å²) in [6.45, 7) is 0. The molecule has 0 aliphatic carbocycles. The average molecular weight is 276 g/mol. The first kappa shape index (κ1) is 13.4. The standard InChI is InChI=1S/C15H14ClNO2/c16-10-13(11-6-2-1-3-7-11)17-15(19)12-8-4-5-9-14(12)18/h1-9,13,18H,10H2,(H,17,19). The minimum atomic E-state index is -0.340. The second-order valence-corrected chi connectivity index (χ2v) is 4.42. The number of phenols is 1. The lowest BCUT2D eigenvalue weighted by atomic mass is 10.1. The molecule has 0 fully saturated rings. The zero-order valence-corrected chi connectivity index (χ0v) is 11.0. The number of halogens is 1. The smallest absolute Gasteiger partial charge is 0.255 e. The maximum absolute atomic E-state index is 12.1. The zero-order chi connectivity index (χ0) is 13.7. The Kier molecular flexibility index (Phi) is 4.42. The van der Waals surface area contributed by atoms with Crippen molar-refractivity contribution in [1.82, 2.24) is 5.32 Å². The summed E-state index contributed by atoms with van der Waals surface area (Å²) in [6, 6.07) is 15.6. The van der Waals surface area contributed by atoms with E-state index in [-0.39, 0.29) is 29.1 Å². The van der Waals surface area contributed by atoms with Gasteiger partial charge in [0, 0.05) is 5.88 Å². The Morgan fingerprint density at radius 2 is 1.74 bits per heavy atom. The third-order valence-electron chi connectivity index (χ3n) is 2.81. The number of carbonyl (C=O) groups is 1. The highest BCUT2D eigenvalue weighted by molar-refractivity contribution is 6.18. The molecule has 0 saturated heterocycles. The molecule has 0 heterocycles. The first-order valence-corrected chi connectivity index (χ1v) is 6.45. The molecule has 0 spiro atoms. The summed E-state index contributed by atoms with van der Waals surface area (Å²) >= 11 is 5.90. The summed E-state index contributed by atoms with van der Waals surface area (Å²) in [5.74, 6) is -0.113. The highest BCUT2D eigenvalue weighted by atomic mass is 35.5. The van der Waals surface area contributed by atoms with Gasteiger partial charge in [-0.3, -0.25) is 4.79 Å². The van der Waals surface area contributed by atoms with Crippen molar-refractivity contribution in [2.24, 2.45) is 0 Å². The predicted octanol–water partition coefficient (Wildman–Crippen LogP) is 3.10. The molecule has 1 atom stereocenters. The molecule has 2 aromatic carbocycles. The van der Waals surface area contributed by atoms with E-state index in [0.717, 1.165) is 5.56 Å². The summed E-state index contributed by atoms with van der Waals surface area (Å²) in [5.41, 5.74) is 1.18. The number of amides is 1. The first-order valence-electron chi connectivity index (χ1n) is 5.92. The van der Waals surface area contributed by atoms with Crippen LogP contribution in [0.1, 0.15) is 22.0 Å². The fraction of sp³-hybridized carbons (Fsp3) is 0.133. The van der Waals surface area contributed by atoms with Crippen LogP contribution in [0.25, 0.3) is 0 Å². The monoisotopic (exact) mass is 275 g/mol. The molecule has 2 rings (SSSR count). The molecular weight excluding hydrogens is 262 g/mol. The third-order valence-corrected chi connectivity index (χ3v) is 3.12. The van der Waals surface area contributed by atoms with Crippen LogP contribution in [0.4, 0.5) is 0 Å². The molecule has 1 amide bonds. The number of rotatable bonds is 4. The van der Waals surface area contributed by atoms with Gasteiger partial charge in [0.25, 0.3) is 5.91 Å². The third kappa shape index (κ3) is 3.26. The summed E-state index contributed by atoms with van der Waals surface area (Å²) in [4.78, 5) is 12.1. The zero-order valence-electron chi connectivity index (χ0n) is 10.2. The molecule has 19 heavy (non-hydrogen) atoms. The van der Waals surface area contributed by atoms with Gasteiger partial charge < -0.3 is 10.4 Å². The lowest BCUT2D eigenvalue weighted by molar-refractivity contribution is 0.0937. The molecule has 98 valence electrons. The second kappa shape index (κ2) is 6.25. The van der Waals surface area contributed by atoms with Crippen molar-refractivity contribution in [2.75, 3.05) is 5.88 Å². The number of hydrogen-bond acceptors (Lipinski definition) is 2. The molecule has 0 aromatic heterocycles. The Bertz CT molecular complexity index is 557. The van der Waals surface area contributed by atoms with E-state index in [1.54, 1.807) is 18.2 Å². The molecule has 0 aliphatic rings. The maximum Gasteiger partial charge on any atom is 0.255 e. The van der Waals surface area contributed by atoms with Crippen LogP contribution in [0.15, 0.2) is 54.6 Å². The minimum Gasteiger partial charge on any atom is -0.507 e. The van der Waals surface area contributed by atoms with E-state index in [1.807, 2.05) is 30.3 Å². The van der Waals surface area contributed by atoms with Crippen molar-refractivity contribution in [3.8, 4) is 5.75 Å². The van der Waals surface area contributed by atoms with E-state index in [2.05, 4.69) is 5.32 Å². The molecule has 3 nitrogen and oxygen atoms in total. The Morgan fingerprint density at radius 1 is 1.11 bits per heavy atom. The molecule has 2 N–H and O–H groups in total. The van der Waals surface area contributed by atoms with Crippen molar-refractivity contribution >= 4 is 17.5 Å². The number of nitrogens with one attached hydrogen (secondary N) is 1. The molecule has 0 saturated carbocycles. The SMILES string of the molecule is O=C(NC(CCl)c1ccccc1)c1ccccc1O. The van der Waals surface area contributed by atoms with Gasteiger partial charge in [-0.2, -0.15) is 0 Å². The van der Waals surface area contributed by atoms with Crippen molar-refractivity contribution < 1.29 is 9.90 Å². The van der Waals surface area contributed by atoms with E-state index in [9.17, 15) is 9.90 Å². The van der Waals surface area contributed by atoms with Gasteiger partial charge in [0.15, 0.2) is 0 Å². The summed E-state index contributed by atoms with van der Waals surface area (Å²) < 4.78 is 0. The van der Waals surface area contributed by atoms with Gasteiger partial charge in [-0.1, -0.05) is 42.5 Å². The Hall–Kier alpha value is -2.00. The molecule has 0 aliphatic heterocycles. The first-order chi connectivity index (χ1) is 9.22. The second-order valence-electron chi connectivity index (χ2n) is 4.11. The lowest BCUT2D eigenvalue weighted by Gasteiger charge is -2.16. The summed E-state index contributed by atoms with van der Waals surface area (Å²) in [5, 5.41) is 12.5. The van der Waals surface area contributed by atoms with Gasteiger partial charge in [-0.25, -0.2) is 0 Å². The number of aromatic hydroxyl groups is 1. The van der Waals surface area contributed by atoms with Crippen LogP contribution >= 0.6 is 11.6 Å². The van der Waals surface area contributed by atoms with Crippen molar-refractivity contribution in [3.05, 3.63) is 65.7 Å². The molecular formula is C15H14ClNO2. The molecule has 2 aromatic rings. The van der Waals surface area contributed by atoms with Crippen LogP contribution in [-0.4, -0.2) is 16.9 Å². The Morgan fingerprint density at radius 3 is 2.37 bits per heavy atom. The maximum atomic E-state index is 12.1. The number of hydrogen-bond donors (Lipinski definition) is 2. The van der Waals surface area contributed by atoms with Crippen LogP contribution in [-0.2, 0) is 0 Å². The topological polar surface area (TPSA) is 49.3 Å².